The largest absolute Gasteiger partial charge is 0.466 e. The van der Waals surface area contributed by atoms with Crippen molar-refractivity contribution in [3.05, 3.63) is 24.3 Å². The highest BCUT2D eigenvalue weighted by molar-refractivity contribution is 5.69. The van der Waals surface area contributed by atoms with Crippen molar-refractivity contribution in [2.45, 2.75) is 180 Å². The fraction of sp³-hybridized carbons (Fsp3) is 0.821. The van der Waals surface area contributed by atoms with Gasteiger partial charge in [-0.25, -0.2) is 4.79 Å². The van der Waals surface area contributed by atoms with E-state index in [4.69, 9.17) is 9.47 Å². The van der Waals surface area contributed by atoms with Gasteiger partial charge in [-0.1, -0.05) is 75.7 Å². The fourth-order valence-electron chi connectivity index (χ4n) is 5.54. The summed E-state index contributed by atoms with van der Waals surface area (Å²) in [6.45, 7) is 3.21. The van der Waals surface area contributed by atoms with E-state index in [0.29, 0.717) is 25.9 Å². The molecule has 0 saturated heterocycles. The SMILES string of the molecule is CCOC(=O)CCCC/C=C\CCCCCCCCC(CCCCCCCC/C=C\CCCCC(=O)OF)OC(=O)CCCN(C)C. The number of hydrogen-bond donors (Lipinski definition) is 0. The van der Waals surface area contributed by atoms with Gasteiger partial charge in [-0.2, -0.15) is 0 Å². The van der Waals surface area contributed by atoms with E-state index in [1.807, 2.05) is 21.0 Å². The number of unbranched alkanes of at least 4 members (excludes halogenated alkanes) is 16. The molecule has 8 heteroatoms. The number of halogens is 1. The Morgan fingerprint density at radius 1 is 0.553 bits per heavy atom. The van der Waals surface area contributed by atoms with Crippen LogP contribution in [0.3, 0.4) is 0 Å². The van der Waals surface area contributed by atoms with Crippen LogP contribution < -0.4 is 0 Å². The van der Waals surface area contributed by atoms with Crippen molar-refractivity contribution in [1.29, 1.82) is 0 Å². The van der Waals surface area contributed by atoms with Gasteiger partial charge in [0.1, 0.15) is 6.10 Å². The molecular weight excluding hydrogens is 597 g/mol. The highest BCUT2D eigenvalue weighted by Gasteiger charge is 2.14. The van der Waals surface area contributed by atoms with Crippen LogP contribution in [-0.2, 0) is 28.8 Å². The Bertz CT molecular complexity index is 800. The number of carbonyl (C=O) groups is 3. The molecule has 274 valence electrons. The molecule has 0 spiro atoms. The Labute approximate surface area is 287 Å². The summed E-state index contributed by atoms with van der Waals surface area (Å²) in [5, 5.41) is 0. The first-order valence-corrected chi connectivity index (χ1v) is 19.0. The Balaban J connectivity index is 4.00. The molecule has 0 aliphatic heterocycles. The molecule has 47 heavy (non-hydrogen) atoms. The molecule has 0 aromatic carbocycles. The highest BCUT2D eigenvalue weighted by Crippen LogP contribution is 2.18. The second kappa shape index (κ2) is 35.1. The molecule has 0 aliphatic carbocycles. The Kier molecular flexibility index (Phi) is 33.4. The van der Waals surface area contributed by atoms with E-state index in [0.717, 1.165) is 83.6 Å². The van der Waals surface area contributed by atoms with Gasteiger partial charge in [0.2, 0.25) is 0 Å². The normalized spacial score (nSPS) is 12.3. The summed E-state index contributed by atoms with van der Waals surface area (Å²) in [5.74, 6) is -0.908. The minimum Gasteiger partial charge on any atom is -0.466 e. The van der Waals surface area contributed by atoms with Crippen LogP contribution in [0.1, 0.15) is 174 Å². The molecule has 0 rings (SSSR count). The zero-order chi connectivity index (χ0) is 34.6. The Morgan fingerprint density at radius 3 is 1.40 bits per heavy atom. The lowest BCUT2D eigenvalue weighted by Gasteiger charge is -2.18. The molecule has 7 nitrogen and oxygen atoms in total. The van der Waals surface area contributed by atoms with Crippen molar-refractivity contribution in [3.8, 4) is 0 Å². The zero-order valence-electron chi connectivity index (χ0n) is 30.5. The molecular formula is C39H70FNO6. The highest BCUT2D eigenvalue weighted by atomic mass is 19.3. The minimum absolute atomic E-state index is 0.0424. The average molecular weight is 668 g/mol. The van der Waals surface area contributed by atoms with E-state index in [-0.39, 0.29) is 24.5 Å². The first-order chi connectivity index (χ1) is 22.9. The lowest BCUT2D eigenvalue weighted by molar-refractivity contribution is -0.183. The maximum Gasteiger partial charge on any atom is 0.348 e. The molecule has 0 aromatic rings. The van der Waals surface area contributed by atoms with Crippen LogP contribution in [0.5, 0.6) is 0 Å². The van der Waals surface area contributed by atoms with Gasteiger partial charge in [-0.05, 0) is 124 Å². The summed E-state index contributed by atoms with van der Waals surface area (Å²) in [6.07, 6.45) is 35.1. The number of allylic oxidation sites excluding steroid dienone is 4. The summed E-state index contributed by atoms with van der Waals surface area (Å²) in [4.78, 5) is 39.9. The Hall–Kier alpha value is -2.22. The number of hydrogen-bond acceptors (Lipinski definition) is 7. The smallest absolute Gasteiger partial charge is 0.348 e. The van der Waals surface area contributed by atoms with Crippen molar-refractivity contribution in [1.82, 2.24) is 4.90 Å². The lowest BCUT2D eigenvalue weighted by Crippen LogP contribution is -2.20. The summed E-state index contributed by atoms with van der Waals surface area (Å²) < 4.78 is 22.6. The van der Waals surface area contributed by atoms with Crippen LogP contribution in [0.15, 0.2) is 24.3 Å². The van der Waals surface area contributed by atoms with Crippen LogP contribution in [-0.4, -0.2) is 56.2 Å². The second-order valence-corrected chi connectivity index (χ2v) is 13.1. The third-order valence-electron chi connectivity index (χ3n) is 8.31. The van der Waals surface area contributed by atoms with E-state index >= 15 is 0 Å². The summed E-state index contributed by atoms with van der Waals surface area (Å²) in [7, 11) is 4.06. The number of ether oxygens (including phenoxy) is 2. The third kappa shape index (κ3) is 34.9. The van der Waals surface area contributed by atoms with Gasteiger partial charge in [0.05, 0.1) is 6.61 Å². The second-order valence-electron chi connectivity index (χ2n) is 13.1. The van der Waals surface area contributed by atoms with Gasteiger partial charge < -0.3 is 14.4 Å². The number of nitrogens with zero attached hydrogens (tertiary/aromatic N) is 1. The maximum absolute atomic E-state index is 12.5. The van der Waals surface area contributed by atoms with E-state index in [9.17, 15) is 18.9 Å². The van der Waals surface area contributed by atoms with Crippen LogP contribution in [0.2, 0.25) is 0 Å². The first kappa shape index (κ1) is 44.8. The molecule has 0 radical (unpaired) electrons. The summed E-state index contributed by atoms with van der Waals surface area (Å²) in [6, 6.07) is 0. The van der Waals surface area contributed by atoms with E-state index in [1.54, 1.807) is 0 Å². The van der Waals surface area contributed by atoms with E-state index in [2.05, 4.69) is 34.1 Å². The Morgan fingerprint density at radius 2 is 0.957 bits per heavy atom. The summed E-state index contributed by atoms with van der Waals surface area (Å²) >= 11 is 0. The van der Waals surface area contributed by atoms with Gasteiger partial charge >= 0.3 is 17.9 Å². The molecule has 0 fully saturated rings. The quantitative estimate of drug-likeness (QED) is 0.0384. The zero-order valence-corrected chi connectivity index (χ0v) is 30.5. The predicted molar refractivity (Wildman–Crippen MR) is 191 cm³/mol. The summed E-state index contributed by atoms with van der Waals surface area (Å²) in [5.41, 5.74) is 0. The van der Waals surface area contributed by atoms with Crippen molar-refractivity contribution < 1.29 is 33.3 Å². The van der Waals surface area contributed by atoms with Crippen LogP contribution >= 0.6 is 0 Å². The van der Waals surface area contributed by atoms with Crippen molar-refractivity contribution >= 4 is 17.9 Å². The molecule has 0 aromatic heterocycles. The van der Waals surface area contributed by atoms with Crippen LogP contribution in [0.25, 0.3) is 0 Å². The van der Waals surface area contributed by atoms with Gasteiger partial charge in [-0.3, -0.25) is 14.5 Å². The van der Waals surface area contributed by atoms with Crippen molar-refractivity contribution in [3.63, 3.8) is 0 Å². The van der Waals surface area contributed by atoms with Gasteiger partial charge in [0.25, 0.3) is 0 Å². The minimum atomic E-state index is -0.781. The molecule has 0 bridgehead atoms. The topological polar surface area (TPSA) is 82.1 Å². The predicted octanol–water partition coefficient (Wildman–Crippen LogP) is 10.7. The van der Waals surface area contributed by atoms with Crippen LogP contribution in [0.4, 0.5) is 4.53 Å². The molecule has 0 aliphatic rings. The molecule has 1 atom stereocenters. The number of esters is 2. The number of rotatable bonds is 34. The van der Waals surface area contributed by atoms with E-state index in [1.165, 1.54) is 64.2 Å². The first-order valence-electron chi connectivity index (χ1n) is 19.0. The van der Waals surface area contributed by atoms with Gasteiger partial charge in [0.15, 0.2) is 0 Å². The number of carbonyl (C=O) groups excluding carboxylic acids is 3. The molecule has 0 saturated carbocycles. The molecule has 0 heterocycles. The standard InChI is InChI=1S/C39H70FNO6/c1-4-45-37(42)32-27-23-19-15-11-7-5-9-13-17-21-25-30-36(46-38(43)34-29-35-41(2)3)31-26-22-18-14-10-6-8-12-16-20-24-28-33-39(44)47-40/h11-12,15-16,36H,4-10,13-14,17-35H2,1-3H3/b15-11-,16-12-. The molecule has 0 N–H and O–H groups in total. The lowest BCUT2D eigenvalue weighted by atomic mass is 10.0. The van der Waals surface area contributed by atoms with Gasteiger partial charge in [-0.15, -0.1) is 0 Å². The molecule has 1 unspecified atom stereocenters. The maximum atomic E-state index is 12.5. The fourth-order valence-corrected chi connectivity index (χ4v) is 5.54. The monoisotopic (exact) mass is 668 g/mol. The van der Waals surface area contributed by atoms with Crippen molar-refractivity contribution in [2.24, 2.45) is 0 Å². The third-order valence-corrected chi connectivity index (χ3v) is 8.31. The van der Waals surface area contributed by atoms with Crippen molar-refractivity contribution in [2.75, 3.05) is 27.2 Å². The van der Waals surface area contributed by atoms with Gasteiger partial charge in [0, 0.05) is 23.8 Å². The van der Waals surface area contributed by atoms with E-state index < -0.39 is 5.97 Å². The molecule has 0 amide bonds. The van der Waals surface area contributed by atoms with Crippen LogP contribution in [0, 0.1) is 0 Å². The average Bonchev–Trinajstić information content (AvgIpc) is 3.04.